The summed E-state index contributed by atoms with van der Waals surface area (Å²) in [5.41, 5.74) is 6.11. The van der Waals surface area contributed by atoms with Crippen LogP contribution < -0.4 is 0 Å². The lowest BCUT2D eigenvalue weighted by molar-refractivity contribution is -0.137. The molecule has 0 aliphatic rings. The van der Waals surface area contributed by atoms with Gasteiger partial charge < -0.3 is 9.30 Å². The molecule has 0 N–H and O–H groups in total. The second-order valence-corrected chi connectivity index (χ2v) is 8.22. The number of aromatic nitrogens is 2. The van der Waals surface area contributed by atoms with Crippen molar-refractivity contribution in [1.29, 1.82) is 5.26 Å². The van der Waals surface area contributed by atoms with Crippen molar-refractivity contribution in [3.63, 3.8) is 0 Å². The fraction of sp³-hybridized carbons (Fsp3) is 0.207. The number of nitrogens with zero attached hydrogens (tertiary/aromatic N) is 3. The summed E-state index contributed by atoms with van der Waals surface area (Å²) >= 11 is 0. The molecule has 0 aliphatic heterocycles. The zero-order valence-corrected chi connectivity index (χ0v) is 19.7. The van der Waals surface area contributed by atoms with E-state index in [1.54, 1.807) is 13.0 Å². The van der Waals surface area contributed by atoms with E-state index in [2.05, 4.69) is 34.9 Å². The number of carbonyl (C=O) groups is 1. The van der Waals surface area contributed by atoms with E-state index in [0.29, 0.717) is 24.4 Å². The van der Waals surface area contributed by atoms with Crippen LogP contribution in [0.4, 0.5) is 0 Å². The van der Waals surface area contributed by atoms with Gasteiger partial charge in [0.15, 0.2) is 0 Å². The number of hydrogen-bond donors (Lipinski definition) is 0. The van der Waals surface area contributed by atoms with Crippen molar-refractivity contribution in [3.05, 3.63) is 106 Å². The monoisotopic (exact) mass is 449 g/mol. The SMILES string of the molecule is CCOC(=O)C=Cc1c(C#N)c2c(C)cc(C)nc2n1CC(c1ccccc1)c1ccccc1. The molecule has 0 unspecified atom stereocenters. The molecule has 0 spiro atoms. The molecule has 0 atom stereocenters. The molecule has 0 aliphatic carbocycles. The molecule has 2 aromatic carbocycles. The Kier molecular flexibility index (Phi) is 6.89. The van der Waals surface area contributed by atoms with Crippen molar-refractivity contribution in [3.8, 4) is 6.07 Å². The van der Waals surface area contributed by atoms with Crippen molar-refractivity contribution >= 4 is 23.1 Å². The quantitative estimate of drug-likeness (QED) is 0.259. The van der Waals surface area contributed by atoms with Gasteiger partial charge in [0.1, 0.15) is 11.7 Å². The minimum absolute atomic E-state index is 0.0295. The Hall–Kier alpha value is -4.17. The number of esters is 1. The number of hydrogen-bond acceptors (Lipinski definition) is 4. The van der Waals surface area contributed by atoms with E-state index in [0.717, 1.165) is 22.3 Å². The fourth-order valence-corrected chi connectivity index (χ4v) is 4.46. The average Bonchev–Trinajstić information content (AvgIpc) is 3.14. The lowest BCUT2D eigenvalue weighted by Crippen LogP contribution is -2.13. The van der Waals surface area contributed by atoms with Crippen LogP contribution in [0, 0.1) is 25.2 Å². The molecule has 4 aromatic rings. The standard InChI is InChI=1S/C29H27N3O2/c1-4-34-27(33)16-15-26-24(18-30)28-20(2)17-21(3)31-29(28)32(26)19-25(22-11-7-5-8-12-22)23-13-9-6-10-14-23/h5-17,25H,4,19H2,1-3H3. The van der Waals surface area contributed by atoms with Crippen molar-refractivity contribution in [1.82, 2.24) is 9.55 Å². The topological polar surface area (TPSA) is 67.9 Å². The number of benzene rings is 2. The molecule has 5 heteroatoms. The van der Waals surface area contributed by atoms with E-state index in [1.807, 2.05) is 56.3 Å². The van der Waals surface area contributed by atoms with E-state index < -0.39 is 5.97 Å². The maximum Gasteiger partial charge on any atom is 0.330 e. The molecule has 0 saturated carbocycles. The van der Waals surface area contributed by atoms with Gasteiger partial charge in [0.05, 0.1) is 17.9 Å². The van der Waals surface area contributed by atoms with Gasteiger partial charge in [-0.15, -0.1) is 0 Å². The average molecular weight is 450 g/mol. The summed E-state index contributed by atoms with van der Waals surface area (Å²) < 4.78 is 7.14. The Balaban J connectivity index is 1.95. The van der Waals surface area contributed by atoms with Crippen LogP contribution in [-0.4, -0.2) is 22.1 Å². The van der Waals surface area contributed by atoms with E-state index in [9.17, 15) is 10.1 Å². The minimum Gasteiger partial charge on any atom is -0.463 e. The molecule has 0 bridgehead atoms. The summed E-state index contributed by atoms with van der Waals surface area (Å²) in [6.45, 7) is 6.57. The van der Waals surface area contributed by atoms with Gasteiger partial charge in [0.2, 0.25) is 0 Å². The Labute approximate surface area is 199 Å². The molecule has 170 valence electrons. The molecular weight excluding hydrogens is 422 g/mol. The number of aryl methyl sites for hydroxylation is 2. The van der Waals surface area contributed by atoms with Crippen LogP contribution in [0.1, 0.15) is 46.5 Å². The molecule has 0 fully saturated rings. The highest BCUT2D eigenvalue weighted by atomic mass is 16.5. The normalized spacial score (nSPS) is 11.3. The number of pyridine rings is 1. The van der Waals surface area contributed by atoms with Gasteiger partial charge in [-0.25, -0.2) is 9.78 Å². The molecular formula is C29H27N3O2. The smallest absolute Gasteiger partial charge is 0.330 e. The first kappa shape index (κ1) is 23.0. The highest BCUT2D eigenvalue weighted by Gasteiger charge is 2.23. The van der Waals surface area contributed by atoms with Crippen LogP contribution in [0.15, 0.2) is 72.8 Å². The summed E-state index contributed by atoms with van der Waals surface area (Å²) in [6, 6.07) is 25.0. The highest BCUT2D eigenvalue weighted by Crippen LogP contribution is 2.33. The molecule has 0 saturated heterocycles. The van der Waals surface area contributed by atoms with E-state index in [-0.39, 0.29) is 5.92 Å². The molecule has 2 aromatic heterocycles. The van der Waals surface area contributed by atoms with Gasteiger partial charge in [0.25, 0.3) is 0 Å². The maximum absolute atomic E-state index is 12.1. The van der Waals surface area contributed by atoms with Gasteiger partial charge in [-0.05, 0) is 49.6 Å². The lowest BCUT2D eigenvalue weighted by Gasteiger charge is -2.21. The largest absolute Gasteiger partial charge is 0.463 e. The van der Waals surface area contributed by atoms with Gasteiger partial charge in [-0.2, -0.15) is 5.26 Å². The molecule has 34 heavy (non-hydrogen) atoms. The first-order valence-electron chi connectivity index (χ1n) is 11.4. The summed E-state index contributed by atoms with van der Waals surface area (Å²) in [4.78, 5) is 16.9. The third-order valence-electron chi connectivity index (χ3n) is 5.92. The van der Waals surface area contributed by atoms with Crippen LogP contribution in [0.5, 0.6) is 0 Å². The minimum atomic E-state index is -0.438. The number of rotatable bonds is 7. The third-order valence-corrected chi connectivity index (χ3v) is 5.92. The van der Waals surface area contributed by atoms with Crippen molar-refractivity contribution in [2.24, 2.45) is 0 Å². The van der Waals surface area contributed by atoms with Gasteiger partial charge >= 0.3 is 5.97 Å². The first-order chi connectivity index (χ1) is 16.5. The second-order valence-electron chi connectivity index (χ2n) is 8.22. The van der Waals surface area contributed by atoms with Crippen LogP contribution in [0.2, 0.25) is 0 Å². The summed E-state index contributed by atoms with van der Waals surface area (Å²) in [5.74, 6) is -0.409. The second kappa shape index (κ2) is 10.2. The molecule has 0 radical (unpaired) electrons. The van der Waals surface area contributed by atoms with E-state index in [4.69, 9.17) is 9.72 Å². The third kappa shape index (κ3) is 4.62. The van der Waals surface area contributed by atoms with Crippen LogP contribution in [0.3, 0.4) is 0 Å². The highest BCUT2D eigenvalue weighted by molar-refractivity contribution is 5.94. The number of carbonyl (C=O) groups excluding carboxylic acids is 1. The summed E-state index contributed by atoms with van der Waals surface area (Å²) in [7, 11) is 0. The lowest BCUT2D eigenvalue weighted by atomic mass is 9.91. The van der Waals surface area contributed by atoms with Crippen LogP contribution in [-0.2, 0) is 16.1 Å². The summed E-state index contributed by atoms with van der Waals surface area (Å²) in [6.07, 6.45) is 3.07. The van der Waals surface area contributed by atoms with E-state index >= 15 is 0 Å². The Morgan fingerprint density at radius 3 is 2.26 bits per heavy atom. The Morgan fingerprint density at radius 1 is 1.09 bits per heavy atom. The Morgan fingerprint density at radius 2 is 1.71 bits per heavy atom. The van der Waals surface area contributed by atoms with Crippen molar-refractivity contribution in [2.45, 2.75) is 33.2 Å². The predicted octanol–water partition coefficient (Wildman–Crippen LogP) is 5.93. The van der Waals surface area contributed by atoms with Crippen LogP contribution >= 0.6 is 0 Å². The van der Waals surface area contributed by atoms with Gasteiger partial charge in [0, 0.05) is 29.6 Å². The zero-order chi connectivity index (χ0) is 24.1. The van der Waals surface area contributed by atoms with Crippen molar-refractivity contribution < 1.29 is 9.53 Å². The molecule has 2 heterocycles. The van der Waals surface area contributed by atoms with Crippen molar-refractivity contribution in [2.75, 3.05) is 6.61 Å². The molecule has 4 rings (SSSR count). The zero-order valence-electron chi connectivity index (χ0n) is 19.7. The van der Waals surface area contributed by atoms with E-state index in [1.165, 1.54) is 17.2 Å². The fourth-order valence-electron chi connectivity index (χ4n) is 4.46. The van der Waals surface area contributed by atoms with Gasteiger partial charge in [-0.1, -0.05) is 60.7 Å². The van der Waals surface area contributed by atoms with Gasteiger partial charge in [-0.3, -0.25) is 0 Å². The predicted molar refractivity (Wildman–Crippen MR) is 134 cm³/mol. The maximum atomic E-state index is 12.1. The molecule has 5 nitrogen and oxygen atoms in total. The number of nitriles is 1. The molecule has 0 amide bonds. The number of fused-ring (bicyclic) bond motifs is 1. The number of ether oxygens (including phenoxy) is 1. The first-order valence-corrected chi connectivity index (χ1v) is 11.4. The van der Waals surface area contributed by atoms with Crippen LogP contribution in [0.25, 0.3) is 17.1 Å². The summed E-state index contributed by atoms with van der Waals surface area (Å²) in [5, 5.41) is 10.9. The Bertz CT molecular complexity index is 1340.